The Morgan fingerprint density at radius 1 is 1.20 bits per heavy atom. The van der Waals surface area contributed by atoms with Gasteiger partial charge in [-0.15, -0.1) is 0 Å². The van der Waals surface area contributed by atoms with Crippen LogP contribution < -0.4 is 16.6 Å². The van der Waals surface area contributed by atoms with E-state index in [1.807, 2.05) is 18.2 Å². The molecule has 0 aliphatic rings. The molecule has 0 saturated carbocycles. The van der Waals surface area contributed by atoms with E-state index >= 15 is 0 Å². The summed E-state index contributed by atoms with van der Waals surface area (Å²) in [4.78, 5) is 29.5. The Hall–Kier alpha value is -3.81. The van der Waals surface area contributed by atoms with Crippen LogP contribution in [0, 0.1) is 12.3 Å². The Kier molecular flexibility index (Phi) is 6.69. The van der Waals surface area contributed by atoms with Crippen LogP contribution in [0.25, 0.3) is 0 Å². The van der Waals surface area contributed by atoms with Crippen LogP contribution in [0.5, 0.6) is 0 Å². The normalized spacial score (nSPS) is 10.6. The second-order valence-electron chi connectivity index (χ2n) is 6.97. The summed E-state index contributed by atoms with van der Waals surface area (Å²) < 4.78 is 1.38. The first-order chi connectivity index (χ1) is 14.4. The first kappa shape index (κ1) is 20.9. The van der Waals surface area contributed by atoms with Crippen LogP contribution in [-0.2, 0) is 30.7 Å². The number of hydrogen-bond donors (Lipinski definition) is 3. The van der Waals surface area contributed by atoms with Crippen molar-refractivity contribution in [2.75, 3.05) is 0 Å². The Morgan fingerprint density at radius 2 is 1.97 bits per heavy atom. The Balaban J connectivity index is 1.62. The van der Waals surface area contributed by atoms with E-state index < -0.39 is 0 Å². The van der Waals surface area contributed by atoms with Crippen molar-refractivity contribution in [1.29, 1.82) is 5.41 Å². The Bertz CT molecular complexity index is 1090. The number of nitrogen functional groups attached to an aromatic ring is 1. The number of aryl methyl sites for hydroxylation is 3. The van der Waals surface area contributed by atoms with E-state index in [-0.39, 0.29) is 23.7 Å². The van der Waals surface area contributed by atoms with E-state index in [1.165, 1.54) is 4.68 Å². The van der Waals surface area contributed by atoms with Gasteiger partial charge in [0.25, 0.3) is 5.56 Å². The highest BCUT2D eigenvalue weighted by Crippen LogP contribution is 2.05. The van der Waals surface area contributed by atoms with Crippen LogP contribution in [0.3, 0.4) is 0 Å². The van der Waals surface area contributed by atoms with E-state index in [9.17, 15) is 9.59 Å². The number of amides is 1. The van der Waals surface area contributed by atoms with Crippen molar-refractivity contribution in [3.8, 4) is 0 Å². The van der Waals surface area contributed by atoms with Gasteiger partial charge in [0.15, 0.2) is 0 Å². The molecule has 154 valence electrons. The molecule has 8 nitrogen and oxygen atoms in total. The average Bonchev–Trinajstić information content (AvgIpc) is 2.75. The number of nitrogens with two attached hydrogens (primary N) is 1. The maximum atomic E-state index is 12.8. The second kappa shape index (κ2) is 9.60. The molecule has 3 aromatic rings. The van der Waals surface area contributed by atoms with Gasteiger partial charge in [0, 0.05) is 36.0 Å². The van der Waals surface area contributed by atoms with Gasteiger partial charge in [-0.25, -0.2) is 4.68 Å². The number of nitrogens with one attached hydrogen (secondary N) is 2. The highest BCUT2D eigenvalue weighted by molar-refractivity contribution is 5.94. The molecule has 0 saturated heterocycles. The number of nitrogens with zero attached hydrogens (tertiary/aromatic N) is 3. The molecule has 0 bridgehead atoms. The summed E-state index contributed by atoms with van der Waals surface area (Å²) in [6, 6.07) is 12.7. The molecule has 30 heavy (non-hydrogen) atoms. The zero-order chi connectivity index (χ0) is 21.5. The summed E-state index contributed by atoms with van der Waals surface area (Å²) in [5.41, 5.74) is 8.70. The molecule has 0 aliphatic carbocycles. The van der Waals surface area contributed by atoms with Gasteiger partial charge >= 0.3 is 0 Å². The van der Waals surface area contributed by atoms with Crippen LogP contribution in [0.1, 0.15) is 27.9 Å². The summed E-state index contributed by atoms with van der Waals surface area (Å²) in [6.45, 7) is 2.50. The van der Waals surface area contributed by atoms with Crippen LogP contribution in [0.2, 0.25) is 0 Å². The highest BCUT2D eigenvalue weighted by atomic mass is 16.2. The van der Waals surface area contributed by atoms with Crippen molar-refractivity contribution < 1.29 is 4.79 Å². The molecular weight excluding hydrogens is 380 g/mol. The van der Waals surface area contributed by atoms with E-state index in [0.717, 1.165) is 11.3 Å². The van der Waals surface area contributed by atoms with Crippen molar-refractivity contribution in [2.24, 2.45) is 5.73 Å². The number of benzene rings is 1. The number of aromatic nitrogens is 3. The molecule has 0 radical (unpaired) electrons. The molecule has 2 heterocycles. The zero-order valence-electron chi connectivity index (χ0n) is 16.8. The molecule has 1 amide bonds. The van der Waals surface area contributed by atoms with Crippen molar-refractivity contribution in [2.45, 2.75) is 32.9 Å². The molecule has 0 fully saturated rings. The van der Waals surface area contributed by atoms with E-state index in [2.05, 4.69) is 15.4 Å². The highest BCUT2D eigenvalue weighted by Gasteiger charge is 2.13. The zero-order valence-corrected chi connectivity index (χ0v) is 16.8. The van der Waals surface area contributed by atoms with Crippen LogP contribution in [0.4, 0.5) is 0 Å². The van der Waals surface area contributed by atoms with Crippen molar-refractivity contribution in [1.82, 2.24) is 20.1 Å². The Morgan fingerprint density at radius 3 is 2.63 bits per heavy atom. The summed E-state index contributed by atoms with van der Waals surface area (Å²) in [5.74, 6) is -0.244. The van der Waals surface area contributed by atoms with Gasteiger partial charge < -0.3 is 11.1 Å². The van der Waals surface area contributed by atoms with Gasteiger partial charge in [0.1, 0.15) is 5.84 Å². The van der Waals surface area contributed by atoms with Gasteiger partial charge in [0.05, 0.1) is 19.2 Å². The molecule has 4 N–H and O–H groups in total. The first-order valence-corrected chi connectivity index (χ1v) is 9.59. The molecule has 3 rings (SSSR count). The van der Waals surface area contributed by atoms with Crippen LogP contribution >= 0.6 is 0 Å². The number of hydrogen-bond acceptors (Lipinski definition) is 5. The SMILES string of the molecule is Cc1cnn(CCc2ccccn2)c(=O)c1CC(=O)NCc1ccc(C(=N)N)cc1. The average molecular weight is 404 g/mol. The van der Waals surface area contributed by atoms with Crippen molar-refractivity contribution in [3.05, 3.63) is 93.2 Å². The van der Waals surface area contributed by atoms with Crippen molar-refractivity contribution in [3.63, 3.8) is 0 Å². The van der Waals surface area contributed by atoms with E-state index in [1.54, 1.807) is 43.6 Å². The van der Waals surface area contributed by atoms with Gasteiger partial charge in [-0.1, -0.05) is 30.3 Å². The van der Waals surface area contributed by atoms with Crippen LogP contribution in [0.15, 0.2) is 59.7 Å². The third-order valence-corrected chi connectivity index (χ3v) is 4.76. The third-order valence-electron chi connectivity index (χ3n) is 4.76. The molecule has 2 aromatic heterocycles. The quantitative estimate of drug-likeness (QED) is 0.386. The maximum Gasteiger partial charge on any atom is 0.270 e. The minimum Gasteiger partial charge on any atom is -0.384 e. The lowest BCUT2D eigenvalue weighted by Gasteiger charge is -2.10. The molecule has 8 heteroatoms. The lowest BCUT2D eigenvalue weighted by atomic mass is 10.1. The fourth-order valence-electron chi connectivity index (χ4n) is 2.98. The number of pyridine rings is 1. The smallest absolute Gasteiger partial charge is 0.270 e. The number of amidine groups is 1. The predicted octanol–water partition coefficient (Wildman–Crippen LogP) is 1.33. The summed E-state index contributed by atoms with van der Waals surface area (Å²) in [6.07, 6.45) is 3.90. The molecule has 0 atom stereocenters. The summed E-state index contributed by atoms with van der Waals surface area (Å²) >= 11 is 0. The van der Waals surface area contributed by atoms with Gasteiger partial charge in [0.2, 0.25) is 5.91 Å². The summed E-state index contributed by atoms with van der Waals surface area (Å²) in [7, 11) is 0. The first-order valence-electron chi connectivity index (χ1n) is 9.59. The van der Waals surface area contributed by atoms with E-state index in [0.29, 0.717) is 36.2 Å². The largest absolute Gasteiger partial charge is 0.384 e. The number of carbonyl (C=O) groups excluding carboxylic acids is 1. The fraction of sp³-hybridized carbons (Fsp3) is 0.227. The minimum absolute atomic E-state index is 0.00178. The lowest BCUT2D eigenvalue weighted by Crippen LogP contribution is -2.32. The lowest BCUT2D eigenvalue weighted by molar-refractivity contribution is -0.120. The minimum atomic E-state index is -0.258. The van der Waals surface area contributed by atoms with E-state index in [4.69, 9.17) is 11.1 Å². The fourth-order valence-corrected chi connectivity index (χ4v) is 2.98. The summed E-state index contributed by atoms with van der Waals surface area (Å²) in [5, 5.41) is 14.4. The molecular formula is C22H24N6O2. The predicted molar refractivity (Wildman–Crippen MR) is 114 cm³/mol. The monoisotopic (exact) mass is 404 g/mol. The standard InChI is InChI=1S/C22H24N6O2/c1-15-13-27-28(11-9-18-4-2-3-10-25-18)22(30)19(15)12-20(29)26-14-16-5-7-17(8-6-16)21(23)24/h2-8,10,13H,9,11-12,14H2,1H3,(H3,23,24)(H,26,29). The molecule has 0 spiro atoms. The van der Waals surface area contributed by atoms with Gasteiger partial charge in [-0.3, -0.25) is 20.0 Å². The van der Waals surface area contributed by atoms with Crippen molar-refractivity contribution >= 4 is 11.7 Å². The van der Waals surface area contributed by atoms with Gasteiger partial charge in [-0.2, -0.15) is 5.10 Å². The molecule has 1 aromatic carbocycles. The topological polar surface area (TPSA) is 127 Å². The van der Waals surface area contributed by atoms with Gasteiger partial charge in [-0.05, 0) is 30.2 Å². The van der Waals surface area contributed by atoms with Crippen LogP contribution in [-0.4, -0.2) is 26.5 Å². The third kappa shape index (κ3) is 5.38. The Labute approximate surface area is 174 Å². The molecule has 0 unspecified atom stereocenters. The second-order valence-corrected chi connectivity index (χ2v) is 6.97. The number of carbonyl (C=O) groups is 1. The number of rotatable bonds is 8. The maximum absolute atomic E-state index is 12.8. The molecule has 0 aliphatic heterocycles.